The summed E-state index contributed by atoms with van der Waals surface area (Å²) in [5.74, 6) is -0.0796. The monoisotopic (exact) mass is 705 g/mol. The summed E-state index contributed by atoms with van der Waals surface area (Å²) in [6, 6.07) is 30.7. The number of halogens is 1. The molecule has 1 N–H and O–H groups in total. The zero-order valence-corrected chi connectivity index (χ0v) is 28.7. The van der Waals surface area contributed by atoms with Gasteiger partial charge in [0, 0.05) is 24.0 Å². The minimum Gasteiger partial charge on any atom is -0.494 e. The summed E-state index contributed by atoms with van der Waals surface area (Å²) in [6.07, 6.45) is 0.251. The largest absolute Gasteiger partial charge is 0.494 e. The molecule has 0 saturated heterocycles. The molecule has 0 aliphatic carbocycles. The van der Waals surface area contributed by atoms with E-state index in [0.717, 1.165) is 19.9 Å². The van der Waals surface area contributed by atoms with Crippen molar-refractivity contribution in [2.75, 3.05) is 24.0 Å². The zero-order chi connectivity index (χ0) is 33.1. The second-order valence-corrected chi connectivity index (χ2v) is 14.0. The standard InChI is InChI=1S/C36H40BrN3O5S/c1-4-45-32-18-20-33(21-19-32)46(43,44)40(31-16-9-6-10-17-31)26-35(41)39(25-29-14-11-15-30(37)22-29)34(36(42)38-24-27(2)3)23-28-12-7-5-8-13-28/h5-22,27,34H,4,23-26H2,1-3H3,(H,38,42). The molecular formula is C36H40BrN3O5S. The van der Waals surface area contributed by atoms with Crippen molar-refractivity contribution in [3.05, 3.63) is 125 Å². The second-order valence-electron chi connectivity index (χ2n) is 11.2. The molecule has 2 amide bonds. The highest BCUT2D eigenvalue weighted by atomic mass is 79.9. The molecule has 10 heteroatoms. The van der Waals surface area contributed by atoms with Gasteiger partial charge < -0.3 is 15.0 Å². The first-order chi connectivity index (χ1) is 22.1. The van der Waals surface area contributed by atoms with E-state index in [1.54, 1.807) is 42.5 Å². The number of benzene rings is 4. The van der Waals surface area contributed by atoms with Gasteiger partial charge >= 0.3 is 0 Å². The summed E-state index contributed by atoms with van der Waals surface area (Å²) >= 11 is 3.51. The molecule has 0 aromatic heterocycles. The highest BCUT2D eigenvalue weighted by Gasteiger charge is 2.34. The Bertz CT molecular complexity index is 1680. The minimum atomic E-state index is -4.20. The van der Waals surface area contributed by atoms with Crippen LogP contribution in [0.25, 0.3) is 0 Å². The number of nitrogens with zero attached hydrogens (tertiary/aromatic N) is 2. The van der Waals surface area contributed by atoms with E-state index >= 15 is 0 Å². The summed E-state index contributed by atoms with van der Waals surface area (Å²) in [5, 5.41) is 3.01. The van der Waals surface area contributed by atoms with Crippen LogP contribution in [0.2, 0.25) is 0 Å². The maximum absolute atomic E-state index is 14.5. The van der Waals surface area contributed by atoms with Crippen LogP contribution in [0.1, 0.15) is 31.9 Å². The number of hydrogen-bond donors (Lipinski definition) is 1. The van der Waals surface area contributed by atoms with Gasteiger partial charge in [0.1, 0.15) is 18.3 Å². The van der Waals surface area contributed by atoms with Gasteiger partial charge in [0.25, 0.3) is 10.0 Å². The highest BCUT2D eigenvalue weighted by Crippen LogP contribution is 2.26. The van der Waals surface area contributed by atoms with E-state index < -0.39 is 28.5 Å². The summed E-state index contributed by atoms with van der Waals surface area (Å²) < 4.78 is 35.8. The van der Waals surface area contributed by atoms with Crippen molar-refractivity contribution < 1.29 is 22.7 Å². The molecule has 0 radical (unpaired) electrons. The molecule has 4 rings (SSSR count). The van der Waals surface area contributed by atoms with Crippen molar-refractivity contribution in [3.63, 3.8) is 0 Å². The van der Waals surface area contributed by atoms with Crippen LogP contribution >= 0.6 is 15.9 Å². The molecular weight excluding hydrogens is 666 g/mol. The molecule has 0 spiro atoms. The molecule has 1 atom stereocenters. The summed E-state index contributed by atoms with van der Waals surface area (Å²) in [4.78, 5) is 29.9. The first kappa shape index (κ1) is 34.7. The van der Waals surface area contributed by atoms with Crippen LogP contribution in [0.15, 0.2) is 119 Å². The Morgan fingerprint density at radius 3 is 2.09 bits per heavy atom. The average molecular weight is 707 g/mol. The number of para-hydroxylation sites is 1. The molecule has 0 saturated carbocycles. The first-order valence-electron chi connectivity index (χ1n) is 15.2. The zero-order valence-electron chi connectivity index (χ0n) is 26.3. The predicted molar refractivity (Wildman–Crippen MR) is 185 cm³/mol. The predicted octanol–water partition coefficient (Wildman–Crippen LogP) is 6.46. The lowest BCUT2D eigenvalue weighted by Crippen LogP contribution is -2.53. The molecule has 4 aromatic carbocycles. The van der Waals surface area contributed by atoms with E-state index in [1.165, 1.54) is 17.0 Å². The Hall–Kier alpha value is -4.15. The van der Waals surface area contributed by atoms with Crippen molar-refractivity contribution >= 4 is 43.5 Å². The average Bonchev–Trinajstić information content (AvgIpc) is 3.05. The van der Waals surface area contributed by atoms with E-state index in [4.69, 9.17) is 4.74 Å². The number of anilines is 1. The first-order valence-corrected chi connectivity index (χ1v) is 17.5. The van der Waals surface area contributed by atoms with Crippen LogP contribution in [-0.4, -0.2) is 50.9 Å². The third kappa shape index (κ3) is 9.43. The number of nitrogens with one attached hydrogen (secondary N) is 1. The molecule has 0 fully saturated rings. The van der Waals surface area contributed by atoms with Crippen molar-refractivity contribution in [2.24, 2.45) is 5.92 Å². The van der Waals surface area contributed by atoms with Gasteiger partial charge in [-0.1, -0.05) is 90.4 Å². The number of hydrogen-bond acceptors (Lipinski definition) is 5. The molecule has 242 valence electrons. The molecule has 4 aromatic rings. The summed E-state index contributed by atoms with van der Waals surface area (Å²) in [7, 11) is -4.20. The van der Waals surface area contributed by atoms with E-state index in [1.807, 2.05) is 75.4 Å². The normalized spacial score (nSPS) is 11.9. The van der Waals surface area contributed by atoms with E-state index in [0.29, 0.717) is 24.6 Å². The van der Waals surface area contributed by atoms with Gasteiger partial charge in [-0.3, -0.25) is 13.9 Å². The van der Waals surface area contributed by atoms with Crippen LogP contribution in [-0.2, 0) is 32.6 Å². The van der Waals surface area contributed by atoms with E-state index in [-0.39, 0.29) is 29.7 Å². The van der Waals surface area contributed by atoms with Crippen molar-refractivity contribution in [2.45, 2.75) is 44.7 Å². The number of sulfonamides is 1. The fourth-order valence-corrected chi connectivity index (χ4v) is 6.79. The molecule has 1 unspecified atom stereocenters. The number of amides is 2. The SMILES string of the molecule is CCOc1ccc(S(=O)(=O)N(CC(=O)N(Cc2cccc(Br)c2)C(Cc2ccccc2)C(=O)NCC(C)C)c2ccccc2)cc1. The van der Waals surface area contributed by atoms with Gasteiger partial charge in [0.2, 0.25) is 11.8 Å². The number of rotatable bonds is 15. The Morgan fingerprint density at radius 2 is 1.48 bits per heavy atom. The van der Waals surface area contributed by atoms with Crippen LogP contribution in [0, 0.1) is 5.92 Å². The van der Waals surface area contributed by atoms with Gasteiger partial charge in [-0.15, -0.1) is 0 Å². The second kappa shape index (κ2) is 16.4. The maximum Gasteiger partial charge on any atom is 0.264 e. The van der Waals surface area contributed by atoms with Gasteiger partial charge in [-0.2, -0.15) is 0 Å². The van der Waals surface area contributed by atoms with Gasteiger partial charge in [0.05, 0.1) is 17.2 Å². The van der Waals surface area contributed by atoms with Gasteiger partial charge in [-0.25, -0.2) is 8.42 Å². The van der Waals surface area contributed by atoms with Gasteiger partial charge in [0.15, 0.2) is 0 Å². The molecule has 0 aliphatic heterocycles. The van der Waals surface area contributed by atoms with Crippen LogP contribution in [0.4, 0.5) is 5.69 Å². The van der Waals surface area contributed by atoms with Crippen LogP contribution in [0.3, 0.4) is 0 Å². The lowest BCUT2D eigenvalue weighted by atomic mass is 10.0. The molecule has 46 heavy (non-hydrogen) atoms. The van der Waals surface area contributed by atoms with Crippen LogP contribution < -0.4 is 14.4 Å². The molecule has 0 heterocycles. The fraction of sp³-hybridized carbons (Fsp3) is 0.278. The van der Waals surface area contributed by atoms with Crippen molar-refractivity contribution in [3.8, 4) is 5.75 Å². The maximum atomic E-state index is 14.5. The Labute approximate surface area is 280 Å². The smallest absolute Gasteiger partial charge is 0.264 e. The minimum absolute atomic E-state index is 0.0154. The quantitative estimate of drug-likeness (QED) is 0.153. The lowest BCUT2D eigenvalue weighted by Gasteiger charge is -2.34. The topological polar surface area (TPSA) is 96.0 Å². The van der Waals surface area contributed by atoms with E-state index in [2.05, 4.69) is 21.2 Å². The lowest BCUT2D eigenvalue weighted by molar-refractivity contribution is -0.140. The molecule has 8 nitrogen and oxygen atoms in total. The Balaban J connectivity index is 1.77. The third-order valence-corrected chi connectivity index (χ3v) is 9.52. The van der Waals surface area contributed by atoms with Crippen molar-refractivity contribution in [1.29, 1.82) is 0 Å². The molecule has 0 bridgehead atoms. The summed E-state index contributed by atoms with van der Waals surface area (Å²) in [6.45, 7) is 6.31. The number of ether oxygens (including phenoxy) is 1. The molecule has 0 aliphatic rings. The summed E-state index contributed by atoms with van der Waals surface area (Å²) in [5.41, 5.74) is 2.00. The Morgan fingerprint density at radius 1 is 0.848 bits per heavy atom. The number of carbonyl (C=O) groups excluding carboxylic acids is 2. The third-order valence-electron chi connectivity index (χ3n) is 7.24. The van der Waals surface area contributed by atoms with Gasteiger partial charge in [-0.05, 0) is 72.5 Å². The van der Waals surface area contributed by atoms with E-state index in [9.17, 15) is 18.0 Å². The van der Waals surface area contributed by atoms with Crippen LogP contribution in [0.5, 0.6) is 5.75 Å². The number of carbonyl (C=O) groups is 2. The highest BCUT2D eigenvalue weighted by molar-refractivity contribution is 9.10. The van der Waals surface area contributed by atoms with Crippen molar-refractivity contribution in [1.82, 2.24) is 10.2 Å². The Kier molecular flexibility index (Phi) is 12.4. The fourth-order valence-electron chi connectivity index (χ4n) is 4.93.